The predicted octanol–water partition coefficient (Wildman–Crippen LogP) is 2.42. The molecule has 1 aromatic carbocycles. The van der Waals surface area contributed by atoms with E-state index in [1.807, 2.05) is 0 Å². The van der Waals surface area contributed by atoms with Gasteiger partial charge in [-0.15, -0.1) is 6.58 Å². The SMILES string of the molecule is C=CC(C)n1c(O)c(C(C)=O)c(=O)n(-c2cccc(Br)c2)c1=O. The number of carbonyl (C=O) groups is 1. The van der Waals surface area contributed by atoms with E-state index in [0.717, 1.165) is 16.1 Å². The minimum absolute atomic E-state index is 0.293. The normalized spacial score (nSPS) is 12.0. The van der Waals surface area contributed by atoms with Crippen molar-refractivity contribution in [1.82, 2.24) is 9.13 Å². The highest BCUT2D eigenvalue weighted by Gasteiger charge is 2.24. The summed E-state index contributed by atoms with van der Waals surface area (Å²) in [6.07, 6.45) is 1.43. The number of Topliss-reactive ketones (excluding diaryl/α,β-unsaturated/α-hetero) is 1. The zero-order chi connectivity index (χ0) is 17.3. The van der Waals surface area contributed by atoms with Crippen molar-refractivity contribution in [2.45, 2.75) is 19.9 Å². The molecule has 7 heteroatoms. The Morgan fingerprint density at radius 3 is 2.57 bits per heavy atom. The number of ketones is 1. The summed E-state index contributed by atoms with van der Waals surface area (Å²) in [5.41, 5.74) is -1.74. The van der Waals surface area contributed by atoms with E-state index in [1.165, 1.54) is 6.08 Å². The number of aromatic nitrogens is 2. The first-order valence-corrected chi connectivity index (χ1v) is 7.58. The lowest BCUT2D eigenvalue weighted by Crippen LogP contribution is -2.42. The summed E-state index contributed by atoms with van der Waals surface area (Å²) >= 11 is 3.27. The standard InChI is InChI=1S/C16H15BrN2O4/c1-4-9(2)18-14(21)13(10(3)20)15(22)19(16(18)23)12-7-5-6-11(17)8-12/h4-9,21H,1H2,2-3H3. The number of hydrogen-bond acceptors (Lipinski definition) is 4. The average Bonchev–Trinajstić information content (AvgIpc) is 2.46. The van der Waals surface area contributed by atoms with Gasteiger partial charge < -0.3 is 5.11 Å². The molecule has 0 aliphatic heterocycles. The van der Waals surface area contributed by atoms with E-state index >= 15 is 0 Å². The van der Waals surface area contributed by atoms with Crippen LogP contribution in [0.4, 0.5) is 0 Å². The van der Waals surface area contributed by atoms with Gasteiger partial charge in [-0.3, -0.25) is 14.2 Å². The van der Waals surface area contributed by atoms with E-state index in [-0.39, 0.29) is 0 Å². The molecule has 2 aromatic rings. The van der Waals surface area contributed by atoms with E-state index in [0.29, 0.717) is 10.2 Å². The Balaban J connectivity index is 3.01. The van der Waals surface area contributed by atoms with Crippen LogP contribution >= 0.6 is 15.9 Å². The molecule has 0 aliphatic rings. The molecule has 0 saturated carbocycles. The summed E-state index contributed by atoms with van der Waals surface area (Å²) in [4.78, 5) is 37.0. The molecule has 1 unspecified atom stereocenters. The van der Waals surface area contributed by atoms with E-state index in [4.69, 9.17) is 0 Å². The Labute approximate surface area is 140 Å². The first-order chi connectivity index (χ1) is 10.8. The topological polar surface area (TPSA) is 81.3 Å². The molecule has 6 nitrogen and oxygen atoms in total. The zero-order valence-corrected chi connectivity index (χ0v) is 14.2. The third-order valence-electron chi connectivity index (χ3n) is 3.43. The van der Waals surface area contributed by atoms with Gasteiger partial charge in [0.15, 0.2) is 5.78 Å². The number of rotatable bonds is 4. The maximum atomic E-state index is 12.7. The van der Waals surface area contributed by atoms with E-state index in [9.17, 15) is 19.5 Å². The van der Waals surface area contributed by atoms with Crippen LogP contribution in [0.1, 0.15) is 30.2 Å². The smallest absolute Gasteiger partial charge is 0.339 e. The maximum Gasteiger partial charge on any atom is 0.339 e. The van der Waals surface area contributed by atoms with E-state index in [2.05, 4.69) is 22.5 Å². The lowest BCUT2D eigenvalue weighted by molar-refractivity contribution is 0.101. The lowest BCUT2D eigenvalue weighted by Gasteiger charge is -2.17. The quantitative estimate of drug-likeness (QED) is 0.654. The largest absolute Gasteiger partial charge is 0.494 e. The van der Waals surface area contributed by atoms with Crippen LogP contribution < -0.4 is 11.2 Å². The first-order valence-electron chi connectivity index (χ1n) is 6.79. The number of aromatic hydroxyl groups is 1. The van der Waals surface area contributed by atoms with Crippen molar-refractivity contribution in [3.8, 4) is 11.6 Å². The second kappa shape index (κ2) is 6.37. The van der Waals surface area contributed by atoms with Gasteiger partial charge in [0.05, 0.1) is 11.7 Å². The molecule has 1 atom stereocenters. The summed E-state index contributed by atoms with van der Waals surface area (Å²) in [7, 11) is 0. The Kier molecular flexibility index (Phi) is 4.70. The fourth-order valence-electron chi connectivity index (χ4n) is 2.24. The third-order valence-corrected chi connectivity index (χ3v) is 3.93. The highest BCUT2D eigenvalue weighted by Crippen LogP contribution is 2.19. The van der Waals surface area contributed by atoms with Gasteiger partial charge in [-0.2, -0.15) is 0 Å². The summed E-state index contributed by atoms with van der Waals surface area (Å²) in [6, 6.07) is 5.95. The van der Waals surface area contributed by atoms with Crippen molar-refractivity contribution < 1.29 is 9.90 Å². The number of benzene rings is 1. The summed E-state index contributed by atoms with van der Waals surface area (Å²) in [5.74, 6) is -1.27. The molecule has 0 bridgehead atoms. The van der Waals surface area contributed by atoms with Crippen LogP contribution in [-0.2, 0) is 0 Å². The van der Waals surface area contributed by atoms with Gasteiger partial charge in [0, 0.05) is 4.47 Å². The molecule has 120 valence electrons. The zero-order valence-electron chi connectivity index (χ0n) is 12.6. The molecule has 0 fully saturated rings. The number of halogens is 1. The molecule has 2 rings (SSSR count). The molecule has 23 heavy (non-hydrogen) atoms. The monoisotopic (exact) mass is 378 g/mol. The van der Waals surface area contributed by atoms with Crippen LogP contribution in [-0.4, -0.2) is 20.0 Å². The average molecular weight is 379 g/mol. The molecular weight excluding hydrogens is 364 g/mol. The summed E-state index contributed by atoms with van der Waals surface area (Å²) < 4.78 is 2.50. The van der Waals surface area contributed by atoms with Crippen LogP contribution in [0.5, 0.6) is 5.88 Å². The van der Waals surface area contributed by atoms with Crippen LogP contribution in [0.2, 0.25) is 0 Å². The molecular formula is C16H15BrN2O4. The van der Waals surface area contributed by atoms with Gasteiger partial charge in [0.25, 0.3) is 5.56 Å². The Morgan fingerprint density at radius 1 is 1.39 bits per heavy atom. The second-order valence-corrected chi connectivity index (χ2v) is 5.92. The second-order valence-electron chi connectivity index (χ2n) is 5.00. The van der Waals surface area contributed by atoms with Gasteiger partial charge in [-0.25, -0.2) is 9.36 Å². The Hall–Kier alpha value is -2.41. The van der Waals surface area contributed by atoms with Crippen molar-refractivity contribution in [3.05, 3.63) is 67.8 Å². The summed E-state index contributed by atoms with van der Waals surface area (Å²) in [5, 5.41) is 10.2. The van der Waals surface area contributed by atoms with Gasteiger partial charge in [0.2, 0.25) is 5.88 Å². The third kappa shape index (κ3) is 2.92. The Bertz CT molecular complexity index is 911. The number of allylic oxidation sites excluding steroid dienone is 1. The minimum Gasteiger partial charge on any atom is -0.494 e. The molecule has 0 radical (unpaired) electrons. The van der Waals surface area contributed by atoms with Crippen LogP contribution in [0.3, 0.4) is 0 Å². The number of nitrogens with zero attached hydrogens (tertiary/aromatic N) is 2. The molecule has 0 saturated heterocycles. The molecule has 1 heterocycles. The molecule has 1 aromatic heterocycles. The number of hydrogen-bond donors (Lipinski definition) is 1. The van der Waals surface area contributed by atoms with Crippen molar-refractivity contribution >= 4 is 21.7 Å². The predicted molar refractivity (Wildman–Crippen MR) is 90.6 cm³/mol. The molecule has 0 aliphatic carbocycles. The van der Waals surface area contributed by atoms with Crippen molar-refractivity contribution in [1.29, 1.82) is 0 Å². The van der Waals surface area contributed by atoms with Crippen LogP contribution in [0.15, 0.2) is 51.0 Å². The van der Waals surface area contributed by atoms with Crippen molar-refractivity contribution in [2.24, 2.45) is 0 Å². The van der Waals surface area contributed by atoms with Crippen LogP contribution in [0.25, 0.3) is 5.69 Å². The van der Waals surface area contributed by atoms with Crippen molar-refractivity contribution in [2.75, 3.05) is 0 Å². The van der Waals surface area contributed by atoms with Crippen molar-refractivity contribution in [3.63, 3.8) is 0 Å². The fourth-order valence-corrected chi connectivity index (χ4v) is 2.62. The maximum absolute atomic E-state index is 12.7. The summed E-state index contributed by atoms with van der Waals surface area (Å²) in [6.45, 7) is 6.36. The van der Waals surface area contributed by atoms with Gasteiger partial charge in [-0.05, 0) is 32.0 Å². The lowest BCUT2D eigenvalue weighted by atomic mass is 10.2. The molecule has 1 N–H and O–H groups in total. The van der Waals surface area contributed by atoms with Gasteiger partial charge in [0.1, 0.15) is 5.56 Å². The first kappa shape index (κ1) is 17.0. The van der Waals surface area contributed by atoms with E-state index in [1.54, 1.807) is 31.2 Å². The van der Waals surface area contributed by atoms with E-state index < -0.39 is 34.5 Å². The molecule has 0 spiro atoms. The van der Waals surface area contributed by atoms with Gasteiger partial charge >= 0.3 is 5.69 Å². The Morgan fingerprint density at radius 2 is 2.04 bits per heavy atom. The molecule has 0 amide bonds. The number of carbonyl (C=O) groups excluding carboxylic acids is 1. The minimum atomic E-state index is -0.856. The van der Waals surface area contributed by atoms with Crippen LogP contribution in [0, 0.1) is 0 Å². The highest BCUT2D eigenvalue weighted by molar-refractivity contribution is 9.10. The van der Waals surface area contributed by atoms with Gasteiger partial charge in [-0.1, -0.05) is 28.1 Å². The highest BCUT2D eigenvalue weighted by atomic mass is 79.9. The fraction of sp³-hybridized carbons (Fsp3) is 0.188.